The summed E-state index contributed by atoms with van der Waals surface area (Å²) in [6.07, 6.45) is 4.03. The number of nitrogens with one attached hydrogen (secondary N) is 1. The summed E-state index contributed by atoms with van der Waals surface area (Å²) in [5, 5.41) is 13.5. The number of tetrazole rings is 1. The molecule has 1 atom stereocenters. The molecule has 1 aromatic carbocycles. The molecule has 9 nitrogen and oxygen atoms in total. The molecule has 0 radical (unpaired) electrons. The Morgan fingerprint density at radius 2 is 1.77 bits per heavy atom. The van der Waals surface area contributed by atoms with Crippen LogP contribution < -0.4 is 5.56 Å². The molecule has 4 aromatic heterocycles. The van der Waals surface area contributed by atoms with Crippen molar-refractivity contribution >= 4 is 10.9 Å². The minimum Gasteiger partial charge on any atom is -0.468 e. The van der Waals surface area contributed by atoms with E-state index in [4.69, 9.17) is 8.83 Å². The van der Waals surface area contributed by atoms with Crippen molar-refractivity contribution in [3.8, 4) is 0 Å². The van der Waals surface area contributed by atoms with Gasteiger partial charge in [0.1, 0.15) is 18.1 Å². The van der Waals surface area contributed by atoms with Gasteiger partial charge in [0.15, 0.2) is 5.82 Å². The van der Waals surface area contributed by atoms with Crippen LogP contribution in [0.1, 0.15) is 53.4 Å². The third kappa shape index (κ3) is 4.81. The summed E-state index contributed by atoms with van der Waals surface area (Å²) < 4.78 is 12.9. The standard InChI is InChI=1S/C26H28N6O3/c1-4-24(25-28-29-30-32(25)16-22-8-6-10-35-22)31(15-21-7-5-9-34-21)14-20-13-19-11-17(2)18(3)12-23(19)27-26(20)33/h5-13,24H,4,14-16H2,1-3H3,(H,27,33). The van der Waals surface area contributed by atoms with Gasteiger partial charge >= 0.3 is 0 Å². The smallest absolute Gasteiger partial charge is 0.252 e. The fourth-order valence-corrected chi connectivity index (χ4v) is 4.45. The zero-order valence-corrected chi connectivity index (χ0v) is 20.1. The molecule has 0 bridgehead atoms. The summed E-state index contributed by atoms with van der Waals surface area (Å²) in [4.78, 5) is 18.3. The van der Waals surface area contributed by atoms with E-state index in [2.05, 4.69) is 45.3 Å². The van der Waals surface area contributed by atoms with Gasteiger partial charge in [0.2, 0.25) is 0 Å². The minimum absolute atomic E-state index is 0.102. The Bertz CT molecular complexity index is 1470. The van der Waals surface area contributed by atoms with Gasteiger partial charge in [0.25, 0.3) is 5.56 Å². The maximum absolute atomic E-state index is 13.1. The number of hydrogen-bond acceptors (Lipinski definition) is 7. The van der Waals surface area contributed by atoms with E-state index in [1.807, 2.05) is 43.3 Å². The van der Waals surface area contributed by atoms with E-state index in [0.29, 0.717) is 31.0 Å². The van der Waals surface area contributed by atoms with E-state index in [1.54, 1.807) is 17.2 Å². The van der Waals surface area contributed by atoms with Crippen molar-refractivity contribution in [2.45, 2.75) is 52.9 Å². The first-order valence-corrected chi connectivity index (χ1v) is 11.7. The van der Waals surface area contributed by atoms with Crippen LogP contribution in [0.4, 0.5) is 0 Å². The average molecular weight is 473 g/mol. The molecule has 0 saturated heterocycles. The summed E-state index contributed by atoms with van der Waals surface area (Å²) in [6.45, 7) is 7.55. The molecule has 1 N–H and O–H groups in total. The van der Waals surface area contributed by atoms with E-state index in [0.717, 1.165) is 34.4 Å². The predicted octanol–water partition coefficient (Wildman–Crippen LogP) is 4.52. The Hall–Kier alpha value is -3.98. The van der Waals surface area contributed by atoms with Gasteiger partial charge in [0, 0.05) is 17.6 Å². The Kier molecular flexibility index (Phi) is 6.33. The quantitative estimate of drug-likeness (QED) is 0.336. The lowest BCUT2D eigenvalue weighted by atomic mass is 10.0. The van der Waals surface area contributed by atoms with E-state index >= 15 is 0 Å². The van der Waals surface area contributed by atoms with Gasteiger partial charge in [-0.3, -0.25) is 9.69 Å². The van der Waals surface area contributed by atoms with Gasteiger partial charge in [0.05, 0.1) is 25.1 Å². The van der Waals surface area contributed by atoms with Crippen molar-refractivity contribution in [3.05, 3.63) is 99.4 Å². The van der Waals surface area contributed by atoms with E-state index < -0.39 is 0 Å². The number of hydrogen-bond donors (Lipinski definition) is 1. The molecule has 0 aliphatic rings. The Balaban J connectivity index is 1.52. The van der Waals surface area contributed by atoms with Crippen LogP contribution in [0.25, 0.3) is 10.9 Å². The van der Waals surface area contributed by atoms with Gasteiger partial charge < -0.3 is 13.8 Å². The third-order valence-corrected chi connectivity index (χ3v) is 6.42. The molecule has 4 heterocycles. The second-order valence-corrected chi connectivity index (χ2v) is 8.83. The van der Waals surface area contributed by atoms with Crippen molar-refractivity contribution in [2.24, 2.45) is 0 Å². The zero-order valence-electron chi connectivity index (χ0n) is 20.1. The fraction of sp³-hybridized carbons (Fsp3) is 0.308. The third-order valence-electron chi connectivity index (χ3n) is 6.42. The lowest BCUT2D eigenvalue weighted by Crippen LogP contribution is -2.32. The van der Waals surface area contributed by atoms with Gasteiger partial charge in [-0.25, -0.2) is 4.68 Å². The number of pyridine rings is 1. The van der Waals surface area contributed by atoms with Crippen molar-refractivity contribution in [1.29, 1.82) is 0 Å². The number of benzene rings is 1. The van der Waals surface area contributed by atoms with Crippen LogP contribution in [0, 0.1) is 13.8 Å². The first-order chi connectivity index (χ1) is 17.0. The molecule has 35 heavy (non-hydrogen) atoms. The van der Waals surface area contributed by atoms with Gasteiger partial charge in [-0.15, -0.1) is 5.10 Å². The Labute approximate surface area is 202 Å². The monoisotopic (exact) mass is 472 g/mol. The molecule has 180 valence electrons. The molecule has 1 unspecified atom stereocenters. The van der Waals surface area contributed by atoms with Crippen LogP contribution in [0.3, 0.4) is 0 Å². The summed E-state index contributed by atoms with van der Waals surface area (Å²) >= 11 is 0. The van der Waals surface area contributed by atoms with Crippen LogP contribution in [0.5, 0.6) is 0 Å². The van der Waals surface area contributed by atoms with Crippen molar-refractivity contribution in [3.63, 3.8) is 0 Å². The highest BCUT2D eigenvalue weighted by molar-refractivity contribution is 5.80. The minimum atomic E-state index is -0.153. The highest BCUT2D eigenvalue weighted by Gasteiger charge is 2.27. The normalized spacial score (nSPS) is 12.6. The predicted molar refractivity (Wildman–Crippen MR) is 131 cm³/mol. The highest BCUT2D eigenvalue weighted by Crippen LogP contribution is 2.27. The first kappa shape index (κ1) is 22.8. The molecule has 9 heteroatoms. The molecule has 0 aliphatic heterocycles. The molecule has 0 fully saturated rings. The molecule has 5 rings (SSSR count). The molecule has 0 spiro atoms. The average Bonchev–Trinajstić information content (AvgIpc) is 3.61. The van der Waals surface area contributed by atoms with Gasteiger partial charge in [-0.05, 0) is 89.7 Å². The van der Waals surface area contributed by atoms with Crippen molar-refractivity contribution < 1.29 is 8.83 Å². The largest absolute Gasteiger partial charge is 0.468 e. The maximum Gasteiger partial charge on any atom is 0.252 e. The van der Waals surface area contributed by atoms with Crippen LogP contribution in [0.2, 0.25) is 0 Å². The number of aromatic amines is 1. The Morgan fingerprint density at radius 3 is 2.49 bits per heavy atom. The molecule has 0 saturated carbocycles. The number of rotatable bonds is 9. The molecule has 0 amide bonds. The number of aromatic nitrogens is 5. The lowest BCUT2D eigenvalue weighted by Gasteiger charge is -2.29. The van der Waals surface area contributed by atoms with Crippen molar-refractivity contribution in [1.82, 2.24) is 30.1 Å². The van der Waals surface area contributed by atoms with E-state index in [-0.39, 0.29) is 11.6 Å². The van der Waals surface area contributed by atoms with E-state index in [1.165, 1.54) is 5.56 Å². The second-order valence-electron chi connectivity index (χ2n) is 8.83. The number of nitrogens with zero attached hydrogens (tertiary/aromatic N) is 5. The van der Waals surface area contributed by atoms with Crippen LogP contribution in [-0.2, 0) is 19.6 Å². The molecule has 0 aliphatic carbocycles. The van der Waals surface area contributed by atoms with Gasteiger partial charge in [-0.1, -0.05) is 6.92 Å². The zero-order chi connectivity index (χ0) is 24.4. The van der Waals surface area contributed by atoms with Crippen LogP contribution in [-0.4, -0.2) is 30.1 Å². The first-order valence-electron chi connectivity index (χ1n) is 11.7. The Morgan fingerprint density at radius 1 is 1.03 bits per heavy atom. The highest BCUT2D eigenvalue weighted by atomic mass is 16.3. The second kappa shape index (κ2) is 9.71. The topological polar surface area (TPSA) is 106 Å². The number of H-pyrrole nitrogens is 1. The number of furan rings is 2. The lowest BCUT2D eigenvalue weighted by molar-refractivity contribution is 0.149. The number of aryl methyl sites for hydroxylation is 2. The maximum atomic E-state index is 13.1. The summed E-state index contributed by atoms with van der Waals surface area (Å²) in [7, 11) is 0. The molecular formula is C26H28N6O3. The summed E-state index contributed by atoms with van der Waals surface area (Å²) in [6, 6.07) is 13.5. The summed E-state index contributed by atoms with van der Waals surface area (Å²) in [5.74, 6) is 2.28. The molecule has 5 aromatic rings. The van der Waals surface area contributed by atoms with Crippen LogP contribution >= 0.6 is 0 Å². The summed E-state index contributed by atoms with van der Waals surface area (Å²) in [5.41, 5.74) is 3.75. The number of fused-ring (bicyclic) bond motifs is 1. The fourth-order valence-electron chi connectivity index (χ4n) is 4.45. The molecular weight excluding hydrogens is 444 g/mol. The van der Waals surface area contributed by atoms with Crippen LogP contribution in [0.15, 0.2) is 68.6 Å². The van der Waals surface area contributed by atoms with Crippen molar-refractivity contribution in [2.75, 3.05) is 0 Å². The van der Waals surface area contributed by atoms with Gasteiger partial charge in [-0.2, -0.15) is 0 Å². The van der Waals surface area contributed by atoms with E-state index in [9.17, 15) is 4.79 Å². The SMILES string of the molecule is CCC(c1nnnn1Cc1ccco1)N(Cc1ccco1)Cc1cc2cc(C)c(C)cc2[nH]c1=O.